The first-order chi connectivity index (χ1) is 7.20. The number of rotatable bonds is 4. The lowest BCUT2D eigenvalue weighted by atomic mass is 10.2. The maximum Gasteiger partial charge on any atom is 0.223 e. The van der Waals surface area contributed by atoms with E-state index in [1.165, 1.54) is 0 Å². The molecule has 1 aromatic heterocycles. The molecular weight excluding hydrogens is 208 g/mol. The minimum Gasteiger partial charge on any atom is -0.348 e. The highest BCUT2D eigenvalue weighted by molar-refractivity contribution is 7.09. The SMILES string of the molecule is CCc1nc([C@@H](C)NC(=O)C2CC2)cs1. The van der Waals surface area contributed by atoms with Crippen molar-refractivity contribution >= 4 is 17.2 Å². The van der Waals surface area contributed by atoms with Crippen LogP contribution in [0.25, 0.3) is 0 Å². The van der Waals surface area contributed by atoms with E-state index in [2.05, 4.69) is 17.2 Å². The van der Waals surface area contributed by atoms with Gasteiger partial charge in [-0.2, -0.15) is 0 Å². The van der Waals surface area contributed by atoms with Crippen LogP contribution < -0.4 is 5.32 Å². The molecule has 0 aliphatic heterocycles. The van der Waals surface area contributed by atoms with Crippen LogP contribution in [0.5, 0.6) is 0 Å². The highest BCUT2D eigenvalue weighted by atomic mass is 32.1. The first kappa shape index (κ1) is 10.6. The van der Waals surface area contributed by atoms with Gasteiger partial charge < -0.3 is 5.32 Å². The Labute approximate surface area is 93.9 Å². The number of carbonyl (C=O) groups excluding carboxylic acids is 1. The zero-order valence-electron chi connectivity index (χ0n) is 9.12. The van der Waals surface area contributed by atoms with Gasteiger partial charge in [0.05, 0.1) is 16.7 Å². The lowest BCUT2D eigenvalue weighted by molar-refractivity contribution is -0.122. The average Bonchev–Trinajstić information content (AvgIpc) is 2.96. The maximum absolute atomic E-state index is 11.5. The van der Waals surface area contributed by atoms with Gasteiger partial charge in [-0.25, -0.2) is 4.98 Å². The quantitative estimate of drug-likeness (QED) is 0.852. The van der Waals surface area contributed by atoms with Gasteiger partial charge in [0.2, 0.25) is 5.91 Å². The zero-order valence-corrected chi connectivity index (χ0v) is 9.93. The van der Waals surface area contributed by atoms with Crippen molar-refractivity contribution in [3.05, 3.63) is 16.1 Å². The van der Waals surface area contributed by atoms with Gasteiger partial charge in [0.25, 0.3) is 0 Å². The van der Waals surface area contributed by atoms with E-state index < -0.39 is 0 Å². The molecule has 3 nitrogen and oxygen atoms in total. The van der Waals surface area contributed by atoms with Crippen LogP contribution in [-0.4, -0.2) is 10.9 Å². The summed E-state index contributed by atoms with van der Waals surface area (Å²) in [5.74, 6) is 0.463. The second-order valence-corrected chi connectivity index (χ2v) is 4.97. The molecule has 1 heterocycles. The minimum absolute atomic E-state index is 0.0506. The van der Waals surface area contributed by atoms with Crippen LogP contribution in [0.15, 0.2) is 5.38 Å². The zero-order chi connectivity index (χ0) is 10.8. The van der Waals surface area contributed by atoms with Crippen LogP contribution in [0.2, 0.25) is 0 Å². The van der Waals surface area contributed by atoms with Gasteiger partial charge in [-0.15, -0.1) is 11.3 Å². The molecule has 0 unspecified atom stereocenters. The Balaban J connectivity index is 1.94. The van der Waals surface area contributed by atoms with Crippen molar-refractivity contribution in [3.63, 3.8) is 0 Å². The molecule has 1 saturated carbocycles. The molecule has 1 atom stereocenters. The van der Waals surface area contributed by atoms with E-state index in [0.29, 0.717) is 0 Å². The summed E-state index contributed by atoms with van der Waals surface area (Å²) in [6.45, 7) is 4.09. The number of hydrogen-bond donors (Lipinski definition) is 1. The first-order valence-electron chi connectivity index (χ1n) is 5.45. The third-order valence-corrected chi connectivity index (χ3v) is 3.63. The normalized spacial score (nSPS) is 17.5. The van der Waals surface area contributed by atoms with Crippen LogP contribution >= 0.6 is 11.3 Å². The molecule has 1 aromatic rings. The molecule has 15 heavy (non-hydrogen) atoms. The van der Waals surface area contributed by atoms with Gasteiger partial charge in [-0.1, -0.05) is 6.92 Å². The fraction of sp³-hybridized carbons (Fsp3) is 0.636. The van der Waals surface area contributed by atoms with E-state index in [1.807, 2.05) is 12.3 Å². The molecule has 1 aliphatic rings. The lowest BCUT2D eigenvalue weighted by Crippen LogP contribution is -2.28. The first-order valence-corrected chi connectivity index (χ1v) is 6.33. The molecular formula is C11H16N2OS. The Kier molecular flexibility index (Phi) is 3.05. The smallest absolute Gasteiger partial charge is 0.223 e. The molecule has 2 rings (SSSR count). The van der Waals surface area contributed by atoms with Crippen molar-refractivity contribution in [3.8, 4) is 0 Å². The largest absolute Gasteiger partial charge is 0.348 e. The molecule has 0 aromatic carbocycles. The number of nitrogens with zero attached hydrogens (tertiary/aromatic N) is 1. The van der Waals surface area contributed by atoms with Gasteiger partial charge in [0, 0.05) is 11.3 Å². The highest BCUT2D eigenvalue weighted by Gasteiger charge is 2.30. The summed E-state index contributed by atoms with van der Waals surface area (Å²) >= 11 is 1.67. The number of aryl methyl sites for hydroxylation is 1. The van der Waals surface area contributed by atoms with E-state index >= 15 is 0 Å². The second-order valence-electron chi connectivity index (χ2n) is 4.02. The lowest BCUT2D eigenvalue weighted by Gasteiger charge is -2.10. The summed E-state index contributed by atoms with van der Waals surface area (Å²) in [4.78, 5) is 16.0. The molecule has 4 heteroatoms. The maximum atomic E-state index is 11.5. The number of aromatic nitrogens is 1. The molecule has 0 radical (unpaired) electrons. The van der Waals surface area contributed by atoms with Gasteiger partial charge in [-0.3, -0.25) is 4.79 Å². The van der Waals surface area contributed by atoms with Crippen LogP contribution in [0, 0.1) is 5.92 Å². The molecule has 0 spiro atoms. The molecule has 1 aliphatic carbocycles. The highest BCUT2D eigenvalue weighted by Crippen LogP contribution is 2.29. The van der Waals surface area contributed by atoms with Gasteiger partial charge in [0.15, 0.2) is 0 Å². The van der Waals surface area contributed by atoms with Crippen molar-refractivity contribution in [2.45, 2.75) is 39.2 Å². The Hall–Kier alpha value is -0.900. The number of hydrogen-bond acceptors (Lipinski definition) is 3. The Morgan fingerprint density at radius 3 is 3.00 bits per heavy atom. The molecule has 0 saturated heterocycles. The molecule has 1 fully saturated rings. The minimum atomic E-state index is 0.0506. The van der Waals surface area contributed by atoms with Crippen molar-refractivity contribution < 1.29 is 4.79 Å². The molecule has 1 amide bonds. The van der Waals surface area contributed by atoms with Crippen molar-refractivity contribution in [1.82, 2.24) is 10.3 Å². The number of carbonyl (C=O) groups is 1. The number of nitrogens with one attached hydrogen (secondary N) is 1. The Morgan fingerprint density at radius 2 is 2.47 bits per heavy atom. The summed E-state index contributed by atoms with van der Waals surface area (Å²) in [7, 11) is 0. The fourth-order valence-corrected chi connectivity index (χ4v) is 2.28. The van der Waals surface area contributed by atoms with Crippen LogP contribution in [0.4, 0.5) is 0 Å². The van der Waals surface area contributed by atoms with Crippen LogP contribution in [0.1, 0.15) is 43.4 Å². The molecule has 1 N–H and O–H groups in total. The Bertz CT molecular complexity index is 357. The molecule has 82 valence electrons. The summed E-state index contributed by atoms with van der Waals surface area (Å²) in [5, 5.41) is 6.18. The topological polar surface area (TPSA) is 42.0 Å². The van der Waals surface area contributed by atoms with E-state index in [9.17, 15) is 4.79 Å². The predicted molar refractivity (Wildman–Crippen MR) is 60.8 cm³/mol. The molecule has 0 bridgehead atoms. The van der Waals surface area contributed by atoms with Gasteiger partial charge >= 0.3 is 0 Å². The van der Waals surface area contributed by atoms with Crippen molar-refractivity contribution in [2.24, 2.45) is 5.92 Å². The monoisotopic (exact) mass is 224 g/mol. The number of amides is 1. The van der Waals surface area contributed by atoms with Crippen molar-refractivity contribution in [1.29, 1.82) is 0 Å². The average molecular weight is 224 g/mol. The summed E-state index contributed by atoms with van der Waals surface area (Å²) in [5.41, 5.74) is 0.992. The van der Waals surface area contributed by atoms with Gasteiger partial charge in [0.1, 0.15) is 0 Å². The Morgan fingerprint density at radius 1 is 1.73 bits per heavy atom. The number of thiazole rings is 1. The van der Waals surface area contributed by atoms with E-state index in [-0.39, 0.29) is 17.9 Å². The summed E-state index contributed by atoms with van der Waals surface area (Å²) < 4.78 is 0. The predicted octanol–water partition coefficient (Wildman–Crippen LogP) is 2.29. The second kappa shape index (κ2) is 4.31. The fourth-order valence-electron chi connectivity index (χ4n) is 1.44. The standard InChI is InChI=1S/C11H16N2OS/c1-3-10-13-9(6-15-10)7(2)12-11(14)8-4-5-8/h6-8H,3-5H2,1-2H3,(H,12,14)/t7-/m1/s1. The van der Waals surface area contributed by atoms with E-state index in [4.69, 9.17) is 0 Å². The van der Waals surface area contributed by atoms with Crippen molar-refractivity contribution in [2.75, 3.05) is 0 Å². The third-order valence-electron chi connectivity index (χ3n) is 2.62. The van der Waals surface area contributed by atoms with Gasteiger partial charge in [-0.05, 0) is 26.2 Å². The van der Waals surface area contributed by atoms with E-state index in [0.717, 1.165) is 30.0 Å². The summed E-state index contributed by atoms with van der Waals surface area (Å²) in [6, 6.07) is 0.0506. The van der Waals surface area contributed by atoms with Crippen LogP contribution in [-0.2, 0) is 11.2 Å². The third kappa shape index (κ3) is 2.56. The van der Waals surface area contributed by atoms with Crippen LogP contribution in [0.3, 0.4) is 0 Å². The van der Waals surface area contributed by atoms with E-state index in [1.54, 1.807) is 11.3 Å². The summed E-state index contributed by atoms with van der Waals surface area (Å²) in [6.07, 6.45) is 3.07.